The van der Waals surface area contributed by atoms with Gasteiger partial charge in [0.1, 0.15) is 0 Å². The lowest BCUT2D eigenvalue weighted by Crippen LogP contribution is -2.42. The predicted molar refractivity (Wildman–Crippen MR) is 106 cm³/mol. The molecule has 0 fully saturated rings. The van der Waals surface area contributed by atoms with E-state index in [1.807, 2.05) is 6.92 Å². The van der Waals surface area contributed by atoms with Crippen molar-refractivity contribution < 1.29 is 14.4 Å². The number of Topliss-reactive ketones (excluding diaryl/α,β-unsaturated/α-hetero) is 1. The van der Waals surface area contributed by atoms with Gasteiger partial charge in [-0.25, -0.2) is 4.68 Å². The largest absolute Gasteiger partial charge is 0.294 e. The number of benzene rings is 1. The lowest BCUT2D eigenvalue weighted by atomic mass is 10.1. The molecule has 9 heteroatoms. The Kier molecular flexibility index (Phi) is 5.65. The van der Waals surface area contributed by atoms with E-state index in [4.69, 9.17) is 0 Å². The first-order valence-electron chi connectivity index (χ1n) is 8.63. The number of rotatable bonds is 5. The van der Waals surface area contributed by atoms with Crippen LogP contribution in [0, 0.1) is 0 Å². The van der Waals surface area contributed by atoms with E-state index in [0.29, 0.717) is 33.5 Å². The maximum Gasteiger partial charge on any atom is 0.290 e. The topological polar surface area (TPSA) is 110 Å². The summed E-state index contributed by atoms with van der Waals surface area (Å²) in [7, 11) is 0. The summed E-state index contributed by atoms with van der Waals surface area (Å²) in [5.74, 6) is -1.32. The number of aromatic nitrogens is 2. The highest BCUT2D eigenvalue weighted by Gasteiger charge is 2.18. The van der Waals surface area contributed by atoms with Gasteiger partial charge in [0.15, 0.2) is 11.5 Å². The number of hydrogen-bond acceptors (Lipinski definition) is 6. The lowest BCUT2D eigenvalue weighted by Gasteiger charge is -2.11. The molecule has 0 spiro atoms. The van der Waals surface area contributed by atoms with Crippen LogP contribution in [0.15, 0.2) is 41.2 Å². The van der Waals surface area contributed by atoms with Crippen molar-refractivity contribution in [3.63, 3.8) is 0 Å². The molecule has 0 aliphatic heterocycles. The number of ketones is 1. The fraction of sp³-hybridized carbons (Fsp3) is 0.211. The number of fused-ring (bicyclic) bond motifs is 1. The zero-order chi connectivity index (χ0) is 20.3. The Hall–Kier alpha value is -3.33. The van der Waals surface area contributed by atoms with E-state index in [9.17, 15) is 19.2 Å². The monoisotopic (exact) mass is 398 g/mol. The number of nitrogens with one attached hydrogen (secondary N) is 2. The van der Waals surface area contributed by atoms with Crippen molar-refractivity contribution in [2.45, 2.75) is 26.8 Å². The van der Waals surface area contributed by atoms with Gasteiger partial charge in [-0.05, 0) is 31.5 Å². The Morgan fingerprint density at radius 1 is 1.00 bits per heavy atom. The van der Waals surface area contributed by atoms with Gasteiger partial charge in [-0.1, -0.05) is 25.1 Å². The van der Waals surface area contributed by atoms with Crippen LogP contribution in [0.4, 0.5) is 0 Å². The van der Waals surface area contributed by atoms with Gasteiger partial charge in [-0.15, -0.1) is 11.3 Å². The Bertz CT molecular complexity index is 1130. The summed E-state index contributed by atoms with van der Waals surface area (Å²) in [6.07, 6.45) is 0.680. The second-order valence-corrected chi connectivity index (χ2v) is 7.13. The van der Waals surface area contributed by atoms with Crippen LogP contribution >= 0.6 is 11.3 Å². The summed E-state index contributed by atoms with van der Waals surface area (Å²) in [5, 5.41) is 4.95. The zero-order valence-electron chi connectivity index (χ0n) is 15.3. The molecule has 28 heavy (non-hydrogen) atoms. The molecular formula is C19H18N4O4S. The SMILES string of the molecule is CCCn1nc(C(=O)NNC(=O)c2ccc(C(C)=O)s2)c2ccccc2c1=O. The highest BCUT2D eigenvalue weighted by atomic mass is 32.1. The van der Waals surface area contributed by atoms with Crippen LogP contribution in [-0.2, 0) is 6.54 Å². The molecule has 0 aliphatic rings. The van der Waals surface area contributed by atoms with Crippen LogP contribution in [0.1, 0.15) is 50.1 Å². The Morgan fingerprint density at radius 2 is 1.64 bits per heavy atom. The molecule has 2 heterocycles. The van der Waals surface area contributed by atoms with Gasteiger partial charge in [0, 0.05) is 11.9 Å². The van der Waals surface area contributed by atoms with E-state index in [1.165, 1.54) is 17.7 Å². The summed E-state index contributed by atoms with van der Waals surface area (Å²) >= 11 is 1.04. The summed E-state index contributed by atoms with van der Waals surface area (Å²) in [6, 6.07) is 9.76. The van der Waals surface area contributed by atoms with Gasteiger partial charge >= 0.3 is 0 Å². The van der Waals surface area contributed by atoms with E-state index in [-0.39, 0.29) is 17.0 Å². The maximum atomic E-state index is 12.6. The molecule has 1 aromatic carbocycles. The number of carbonyl (C=O) groups excluding carboxylic acids is 3. The van der Waals surface area contributed by atoms with Gasteiger partial charge in [-0.2, -0.15) is 5.10 Å². The second kappa shape index (κ2) is 8.13. The molecule has 0 bridgehead atoms. The van der Waals surface area contributed by atoms with Gasteiger partial charge in [0.25, 0.3) is 17.4 Å². The van der Waals surface area contributed by atoms with E-state index >= 15 is 0 Å². The number of carbonyl (C=O) groups is 3. The third-order valence-corrected chi connectivity index (χ3v) is 5.17. The smallest absolute Gasteiger partial charge is 0.290 e. The third-order valence-electron chi connectivity index (χ3n) is 3.98. The molecule has 0 atom stereocenters. The molecule has 0 aliphatic carbocycles. The van der Waals surface area contributed by atoms with Crippen LogP contribution in [0.5, 0.6) is 0 Å². The first kappa shape index (κ1) is 19.4. The van der Waals surface area contributed by atoms with Gasteiger partial charge < -0.3 is 0 Å². The van der Waals surface area contributed by atoms with E-state index in [2.05, 4.69) is 16.0 Å². The average molecular weight is 398 g/mol. The normalized spacial score (nSPS) is 10.6. The van der Waals surface area contributed by atoms with Crippen LogP contribution in [0.25, 0.3) is 10.8 Å². The summed E-state index contributed by atoms with van der Waals surface area (Å²) < 4.78 is 1.25. The summed E-state index contributed by atoms with van der Waals surface area (Å²) in [4.78, 5) is 49.4. The highest BCUT2D eigenvalue weighted by molar-refractivity contribution is 7.15. The Balaban J connectivity index is 1.84. The number of hydrazine groups is 1. The van der Waals surface area contributed by atoms with Crippen molar-refractivity contribution >= 4 is 39.7 Å². The Labute approximate surface area is 164 Å². The van der Waals surface area contributed by atoms with E-state index in [0.717, 1.165) is 11.3 Å². The molecule has 2 N–H and O–H groups in total. The summed E-state index contributed by atoms with van der Waals surface area (Å²) in [5.41, 5.74) is 4.41. The number of thiophene rings is 1. The second-order valence-electron chi connectivity index (χ2n) is 6.05. The van der Waals surface area contributed by atoms with Crippen molar-refractivity contribution in [2.24, 2.45) is 0 Å². The van der Waals surface area contributed by atoms with Crippen molar-refractivity contribution in [3.8, 4) is 0 Å². The molecule has 144 valence electrons. The Morgan fingerprint density at radius 3 is 2.29 bits per heavy atom. The zero-order valence-corrected chi connectivity index (χ0v) is 16.1. The first-order chi connectivity index (χ1) is 13.4. The van der Waals surface area contributed by atoms with Crippen molar-refractivity contribution in [1.82, 2.24) is 20.6 Å². The van der Waals surface area contributed by atoms with Gasteiger partial charge in [0.2, 0.25) is 0 Å². The molecule has 8 nitrogen and oxygen atoms in total. The van der Waals surface area contributed by atoms with Crippen LogP contribution < -0.4 is 16.4 Å². The van der Waals surface area contributed by atoms with Gasteiger partial charge in [-0.3, -0.25) is 30.0 Å². The van der Waals surface area contributed by atoms with Crippen molar-refractivity contribution in [1.29, 1.82) is 0 Å². The number of nitrogens with zero attached hydrogens (tertiary/aromatic N) is 2. The molecule has 0 radical (unpaired) electrons. The standard InChI is InChI=1S/C19H18N4O4S/c1-3-10-23-19(27)13-7-5-4-6-12(13)16(22-23)18(26)21-20-17(25)15-9-8-14(28-15)11(2)24/h4-9H,3,10H2,1-2H3,(H,20,25)(H,21,26). The van der Waals surface area contributed by atoms with Crippen LogP contribution in [0.2, 0.25) is 0 Å². The number of hydrogen-bond donors (Lipinski definition) is 2. The molecule has 0 saturated heterocycles. The molecule has 0 saturated carbocycles. The van der Waals surface area contributed by atoms with Crippen molar-refractivity contribution in [3.05, 3.63) is 62.2 Å². The summed E-state index contributed by atoms with van der Waals surface area (Å²) in [6.45, 7) is 3.69. The fourth-order valence-corrected chi connectivity index (χ4v) is 3.45. The van der Waals surface area contributed by atoms with Gasteiger partial charge in [0.05, 0.1) is 15.1 Å². The molecule has 3 aromatic rings. The molecular weight excluding hydrogens is 380 g/mol. The minimum atomic E-state index is -0.641. The molecule has 3 rings (SSSR count). The first-order valence-corrected chi connectivity index (χ1v) is 9.45. The minimum Gasteiger partial charge on any atom is -0.294 e. The molecule has 2 aromatic heterocycles. The minimum absolute atomic E-state index is 0.0413. The molecule has 0 unspecified atom stereocenters. The highest BCUT2D eigenvalue weighted by Crippen LogP contribution is 2.17. The average Bonchev–Trinajstić information content (AvgIpc) is 3.19. The third kappa shape index (κ3) is 3.84. The van der Waals surface area contributed by atoms with Crippen LogP contribution in [-0.4, -0.2) is 27.4 Å². The number of amides is 2. The van der Waals surface area contributed by atoms with Crippen LogP contribution in [0.3, 0.4) is 0 Å². The lowest BCUT2D eigenvalue weighted by molar-refractivity contribution is 0.0845. The predicted octanol–water partition coefficient (Wildman–Crippen LogP) is 2.15. The fourth-order valence-electron chi connectivity index (χ4n) is 2.65. The quantitative estimate of drug-likeness (QED) is 0.505. The van der Waals surface area contributed by atoms with Crippen molar-refractivity contribution in [2.75, 3.05) is 0 Å². The maximum absolute atomic E-state index is 12.6. The van der Waals surface area contributed by atoms with E-state index in [1.54, 1.807) is 30.3 Å². The molecule has 2 amide bonds. The van der Waals surface area contributed by atoms with E-state index < -0.39 is 11.8 Å². The number of aryl methyl sites for hydroxylation is 1.